The van der Waals surface area contributed by atoms with Crippen molar-refractivity contribution in [1.29, 1.82) is 0 Å². The molecule has 8 nitrogen and oxygen atoms in total. The lowest BCUT2D eigenvalue weighted by Gasteiger charge is -2.32. The number of amides is 1. The average Bonchev–Trinajstić information content (AvgIpc) is 3.19. The molecule has 2 atom stereocenters. The van der Waals surface area contributed by atoms with Gasteiger partial charge in [-0.3, -0.25) is 9.78 Å². The molecule has 0 aliphatic carbocycles. The highest BCUT2D eigenvalue weighted by Crippen LogP contribution is 2.26. The molecule has 2 aromatic rings. The van der Waals surface area contributed by atoms with E-state index in [4.69, 9.17) is 5.73 Å². The summed E-state index contributed by atoms with van der Waals surface area (Å²) in [5.41, 5.74) is 6.23. The molecule has 0 spiro atoms. The van der Waals surface area contributed by atoms with Gasteiger partial charge in [0.05, 0.1) is 23.3 Å². The van der Waals surface area contributed by atoms with Gasteiger partial charge in [-0.2, -0.15) is 4.98 Å². The molecule has 1 amide bonds. The first-order chi connectivity index (χ1) is 13.0. The van der Waals surface area contributed by atoms with Gasteiger partial charge in [-0.25, -0.2) is 4.98 Å². The van der Waals surface area contributed by atoms with E-state index < -0.39 is 0 Å². The Morgan fingerprint density at radius 2 is 2.30 bits per heavy atom. The second-order valence-corrected chi connectivity index (χ2v) is 7.48. The number of nitrogens with zero attached hydrogens (tertiary/aromatic N) is 3. The first kappa shape index (κ1) is 19.3. The predicted molar refractivity (Wildman–Crippen MR) is 107 cm³/mol. The summed E-state index contributed by atoms with van der Waals surface area (Å²) in [6, 6.07) is 1.79. The number of nitrogens with one attached hydrogen (secondary N) is 3. The van der Waals surface area contributed by atoms with E-state index >= 15 is 0 Å². The second kappa shape index (κ2) is 8.47. The van der Waals surface area contributed by atoms with Crippen LogP contribution in [0.4, 0.5) is 11.8 Å². The highest BCUT2D eigenvalue weighted by molar-refractivity contribution is 5.89. The summed E-state index contributed by atoms with van der Waals surface area (Å²) in [4.78, 5) is 25.2. The minimum Gasteiger partial charge on any atom is -0.368 e. The van der Waals surface area contributed by atoms with Crippen LogP contribution in [-0.4, -0.2) is 45.5 Å². The Morgan fingerprint density at radius 1 is 1.44 bits per heavy atom. The van der Waals surface area contributed by atoms with Crippen LogP contribution >= 0.6 is 0 Å². The lowest BCUT2D eigenvalue weighted by atomic mass is 9.94. The number of unbranched alkanes of at least 4 members (excludes halogenated alkanes) is 1. The van der Waals surface area contributed by atoms with E-state index in [2.05, 4.69) is 44.7 Å². The zero-order valence-electron chi connectivity index (χ0n) is 16.1. The minimum absolute atomic E-state index is 0.0632. The normalized spacial score (nSPS) is 19.0. The summed E-state index contributed by atoms with van der Waals surface area (Å²) in [5.74, 6) is 0.940. The van der Waals surface area contributed by atoms with Gasteiger partial charge in [-0.15, -0.1) is 0 Å². The zero-order chi connectivity index (χ0) is 19.3. The topological polar surface area (TPSA) is 118 Å². The van der Waals surface area contributed by atoms with Crippen molar-refractivity contribution in [3.8, 4) is 0 Å². The van der Waals surface area contributed by atoms with Crippen LogP contribution in [0.25, 0.3) is 10.9 Å². The van der Waals surface area contributed by atoms with Crippen LogP contribution in [-0.2, 0) is 4.79 Å². The van der Waals surface area contributed by atoms with Crippen molar-refractivity contribution < 1.29 is 4.79 Å². The number of aromatic nitrogens is 3. The highest BCUT2D eigenvalue weighted by atomic mass is 16.2. The van der Waals surface area contributed by atoms with Gasteiger partial charge in [0.15, 0.2) is 0 Å². The molecule has 27 heavy (non-hydrogen) atoms. The molecule has 1 aliphatic heterocycles. The molecule has 1 aliphatic rings. The summed E-state index contributed by atoms with van der Waals surface area (Å²) < 4.78 is 0. The summed E-state index contributed by atoms with van der Waals surface area (Å²) in [5, 5.41) is 10.7. The molecule has 3 heterocycles. The van der Waals surface area contributed by atoms with Crippen molar-refractivity contribution in [3.05, 3.63) is 18.5 Å². The molecular formula is C19H29N7O. The van der Waals surface area contributed by atoms with Crippen LogP contribution in [0.1, 0.15) is 46.0 Å². The fraction of sp³-hybridized carbons (Fsp3) is 0.579. The number of hydrogen-bond acceptors (Lipinski definition) is 7. The van der Waals surface area contributed by atoms with Gasteiger partial charge in [0.2, 0.25) is 11.9 Å². The van der Waals surface area contributed by atoms with Crippen LogP contribution in [0.5, 0.6) is 0 Å². The SMILES string of the molecule is CCCC[C@](C)(CNC(=O)[C@@H]1CCCN1)Nc1nc(N)nc2cnccc12. The summed E-state index contributed by atoms with van der Waals surface area (Å²) in [6.45, 7) is 5.69. The smallest absolute Gasteiger partial charge is 0.237 e. The summed E-state index contributed by atoms with van der Waals surface area (Å²) in [6.07, 6.45) is 8.35. The van der Waals surface area contributed by atoms with E-state index in [9.17, 15) is 4.79 Å². The summed E-state index contributed by atoms with van der Waals surface area (Å²) >= 11 is 0. The Hall–Kier alpha value is -2.48. The van der Waals surface area contributed by atoms with Gasteiger partial charge in [-0.05, 0) is 38.8 Å². The molecule has 5 N–H and O–H groups in total. The lowest BCUT2D eigenvalue weighted by Crippen LogP contribution is -2.50. The maximum absolute atomic E-state index is 12.4. The number of rotatable bonds is 8. The standard InChI is InChI=1S/C19H29N7O/c1-3-4-8-19(2,12-23-17(27)14-6-5-9-22-14)26-16-13-7-10-21-11-15(13)24-18(20)25-16/h7,10-11,14,22H,3-6,8-9,12H2,1-2H3,(H,23,27)(H3,20,24,25,26)/t14-,19+/m0/s1. The summed E-state index contributed by atoms with van der Waals surface area (Å²) in [7, 11) is 0. The number of anilines is 2. The first-order valence-electron chi connectivity index (χ1n) is 9.67. The second-order valence-electron chi connectivity index (χ2n) is 7.48. The highest BCUT2D eigenvalue weighted by Gasteiger charge is 2.28. The van der Waals surface area contributed by atoms with E-state index in [0.29, 0.717) is 17.9 Å². The van der Waals surface area contributed by atoms with Crippen LogP contribution in [0.15, 0.2) is 18.5 Å². The number of nitrogens with two attached hydrogens (primary N) is 1. The molecule has 0 aromatic carbocycles. The minimum atomic E-state index is -0.346. The molecule has 0 unspecified atom stereocenters. The molecule has 0 bridgehead atoms. The molecule has 146 valence electrons. The molecule has 0 saturated carbocycles. The fourth-order valence-corrected chi connectivity index (χ4v) is 3.46. The van der Waals surface area contributed by atoms with Gasteiger partial charge in [0.1, 0.15) is 5.82 Å². The maximum atomic E-state index is 12.4. The van der Waals surface area contributed by atoms with Crippen LogP contribution < -0.4 is 21.7 Å². The van der Waals surface area contributed by atoms with E-state index in [1.165, 1.54) is 0 Å². The maximum Gasteiger partial charge on any atom is 0.237 e. The molecule has 1 fully saturated rings. The quantitative estimate of drug-likeness (QED) is 0.559. The third-order valence-corrected chi connectivity index (χ3v) is 5.05. The molecule has 0 radical (unpaired) electrons. The number of fused-ring (bicyclic) bond motifs is 1. The number of carbonyl (C=O) groups excluding carboxylic acids is 1. The van der Waals surface area contributed by atoms with Crippen molar-refractivity contribution in [2.45, 2.75) is 57.5 Å². The Morgan fingerprint density at radius 3 is 3.04 bits per heavy atom. The predicted octanol–water partition coefficient (Wildman–Crippen LogP) is 1.84. The number of hydrogen-bond donors (Lipinski definition) is 4. The van der Waals surface area contributed by atoms with Gasteiger partial charge in [0, 0.05) is 18.1 Å². The molecule has 2 aromatic heterocycles. The Balaban J connectivity index is 1.78. The zero-order valence-corrected chi connectivity index (χ0v) is 16.1. The van der Waals surface area contributed by atoms with Gasteiger partial charge in [-0.1, -0.05) is 19.8 Å². The molecule has 3 rings (SSSR count). The van der Waals surface area contributed by atoms with E-state index in [1.807, 2.05) is 6.07 Å². The van der Waals surface area contributed by atoms with Crippen molar-refractivity contribution in [2.75, 3.05) is 24.1 Å². The van der Waals surface area contributed by atoms with Crippen LogP contribution in [0.2, 0.25) is 0 Å². The van der Waals surface area contributed by atoms with Gasteiger partial charge in [0.25, 0.3) is 0 Å². The first-order valence-corrected chi connectivity index (χ1v) is 9.67. The Bertz CT molecular complexity index is 791. The van der Waals surface area contributed by atoms with Crippen molar-refractivity contribution in [3.63, 3.8) is 0 Å². The Kier molecular flexibility index (Phi) is 6.05. The number of pyridine rings is 1. The van der Waals surface area contributed by atoms with Crippen molar-refractivity contribution in [2.24, 2.45) is 0 Å². The van der Waals surface area contributed by atoms with Crippen LogP contribution in [0.3, 0.4) is 0 Å². The molecule has 8 heteroatoms. The molecular weight excluding hydrogens is 342 g/mol. The number of nitrogen functional groups attached to an aromatic ring is 1. The lowest BCUT2D eigenvalue weighted by molar-refractivity contribution is -0.123. The van der Waals surface area contributed by atoms with Crippen molar-refractivity contribution >= 4 is 28.6 Å². The fourth-order valence-electron chi connectivity index (χ4n) is 3.46. The van der Waals surface area contributed by atoms with E-state index in [-0.39, 0.29) is 23.4 Å². The van der Waals surface area contributed by atoms with E-state index in [1.54, 1.807) is 12.4 Å². The Labute approximate surface area is 159 Å². The monoisotopic (exact) mass is 371 g/mol. The average molecular weight is 371 g/mol. The number of carbonyl (C=O) groups is 1. The molecule has 1 saturated heterocycles. The van der Waals surface area contributed by atoms with E-state index in [0.717, 1.165) is 44.0 Å². The van der Waals surface area contributed by atoms with Crippen molar-refractivity contribution in [1.82, 2.24) is 25.6 Å². The largest absolute Gasteiger partial charge is 0.368 e. The van der Waals surface area contributed by atoms with Gasteiger partial charge >= 0.3 is 0 Å². The van der Waals surface area contributed by atoms with Crippen LogP contribution in [0, 0.1) is 0 Å². The third-order valence-electron chi connectivity index (χ3n) is 5.05. The third kappa shape index (κ3) is 4.82. The van der Waals surface area contributed by atoms with Gasteiger partial charge < -0.3 is 21.7 Å².